The molecule has 3 nitrogen and oxygen atoms in total. The van der Waals surface area contributed by atoms with Crippen molar-refractivity contribution in [3.63, 3.8) is 0 Å². The maximum Gasteiger partial charge on any atom is 0.0736 e. The van der Waals surface area contributed by atoms with E-state index in [1.807, 2.05) is 0 Å². The number of rotatable bonds is 1. The molecule has 0 aliphatic carbocycles. The van der Waals surface area contributed by atoms with Gasteiger partial charge in [-0.2, -0.15) is 0 Å². The van der Waals surface area contributed by atoms with E-state index in [0.29, 0.717) is 5.92 Å². The summed E-state index contributed by atoms with van der Waals surface area (Å²) in [4.78, 5) is 2.36. The Balaban J connectivity index is 2.58. The number of oxime groups is 1. The summed E-state index contributed by atoms with van der Waals surface area (Å²) in [5, 5.41) is 11.9. The number of fused-ring (bicyclic) bond motifs is 1. The van der Waals surface area contributed by atoms with Gasteiger partial charge in [0.1, 0.15) is 0 Å². The van der Waals surface area contributed by atoms with Crippen molar-refractivity contribution in [1.29, 1.82) is 0 Å². The molecule has 0 unspecified atom stereocenters. The third-order valence-corrected chi connectivity index (χ3v) is 4.22. The molecule has 0 fully saturated rings. The largest absolute Gasteiger partial charge is 0.411 e. The van der Waals surface area contributed by atoms with Gasteiger partial charge in [0, 0.05) is 18.3 Å². The predicted molar refractivity (Wildman–Crippen MR) is 76.1 cm³/mol. The summed E-state index contributed by atoms with van der Waals surface area (Å²) in [6.07, 6.45) is 2.65. The van der Waals surface area contributed by atoms with Crippen LogP contribution in [-0.2, 0) is 0 Å². The number of benzene rings is 1. The van der Waals surface area contributed by atoms with Crippen LogP contribution < -0.4 is 4.90 Å². The number of hydrogen-bond donors (Lipinski definition) is 1. The molecule has 0 aromatic heterocycles. The van der Waals surface area contributed by atoms with Crippen LogP contribution in [0.1, 0.15) is 49.8 Å². The highest BCUT2D eigenvalue weighted by Crippen LogP contribution is 2.43. The van der Waals surface area contributed by atoms with Gasteiger partial charge in [0.15, 0.2) is 0 Å². The molecule has 0 bridgehead atoms. The van der Waals surface area contributed by atoms with Crippen LogP contribution in [0.3, 0.4) is 0 Å². The maximum atomic E-state index is 8.71. The molecule has 1 aromatic carbocycles. The Kier molecular flexibility index (Phi) is 3.09. The van der Waals surface area contributed by atoms with Gasteiger partial charge in [-0.25, -0.2) is 0 Å². The highest BCUT2D eigenvalue weighted by atomic mass is 16.4. The molecule has 0 amide bonds. The third kappa shape index (κ3) is 1.98. The monoisotopic (exact) mass is 246 g/mol. The molecule has 1 atom stereocenters. The highest BCUT2D eigenvalue weighted by molar-refractivity contribution is 5.83. The summed E-state index contributed by atoms with van der Waals surface area (Å²) in [6, 6.07) is 4.35. The van der Waals surface area contributed by atoms with E-state index in [-0.39, 0.29) is 5.54 Å². The van der Waals surface area contributed by atoms with Gasteiger partial charge in [-0.3, -0.25) is 0 Å². The second-order valence-corrected chi connectivity index (χ2v) is 5.99. The average Bonchev–Trinajstić information content (AvgIpc) is 2.28. The minimum Gasteiger partial charge on any atom is -0.411 e. The number of hydrogen-bond acceptors (Lipinski definition) is 3. The molecule has 1 aromatic rings. The van der Waals surface area contributed by atoms with Crippen LogP contribution in [0.15, 0.2) is 17.3 Å². The summed E-state index contributed by atoms with van der Waals surface area (Å²) in [5.41, 5.74) is 4.97. The molecule has 3 heteroatoms. The van der Waals surface area contributed by atoms with Crippen molar-refractivity contribution >= 4 is 11.9 Å². The molecule has 0 saturated heterocycles. The standard InChI is InChI=1S/C15H22N2O/c1-10-6-14-13(7-12(10)9-16-18)11(2)8-15(3,4)17(14)5/h6-7,9,11,18H,8H2,1-5H3/t11-/m1/s1. The summed E-state index contributed by atoms with van der Waals surface area (Å²) < 4.78 is 0. The molecule has 1 aliphatic heterocycles. The predicted octanol–water partition coefficient (Wildman–Crippen LogP) is 3.53. The normalized spacial score (nSPS) is 22.3. The summed E-state index contributed by atoms with van der Waals surface area (Å²) in [5.74, 6) is 0.526. The Hall–Kier alpha value is -1.51. The van der Waals surface area contributed by atoms with Crippen molar-refractivity contribution < 1.29 is 5.21 Å². The summed E-state index contributed by atoms with van der Waals surface area (Å²) >= 11 is 0. The van der Waals surface area contributed by atoms with Gasteiger partial charge in [-0.1, -0.05) is 12.1 Å². The van der Waals surface area contributed by atoms with Gasteiger partial charge in [-0.15, -0.1) is 0 Å². The van der Waals surface area contributed by atoms with Crippen molar-refractivity contribution in [2.75, 3.05) is 11.9 Å². The first-order valence-electron chi connectivity index (χ1n) is 6.42. The van der Waals surface area contributed by atoms with Crippen molar-refractivity contribution in [2.24, 2.45) is 5.16 Å². The van der Waals surface area contributed by atoms with E-state index in [1.54, 1.807) is 0 Å². The van der Waals surface area contributed by atoms with Gasteiger partial charge in [0.05, 0.1) is 6.21 Å². The minimum absolute atomic E-state index is 0.186. The van der Waals surface area contributed by atoms with Crippen molar-refractivity contribution in [3.8, 4) is 0 Å². The first kappa shape index (κ1) is 12.9. The third-order valence-electron chi connectivity index (χ3n) is 4.22. The van der Waals surface area contributed by atoms with Crippen LogP contribution in [0.4, 0.5) is 5.69 Å². The van der Waals surface area contributed by atoms with Crippen molar-refractivity contribution in [1.82, 2.24) is 0 Å². The molecule has 2 rings (SSSR count). The van der Waals surface area contributed by atoms with Crippen LogP contribution in [-0.4, -0.2) is 24.0 Å². The number of anilines is 1. The maximum absolute atomic E-state index is 8.71. The lowest BCUT2D eigenvalue weighted by Crippen LogP contribution is -2.45. The molecule has 0 radical (unpaired) electrons. The summed E-state index contributed by atoms with van der Waals surface area (Å²) in [7, 11) is 2.16. The first-order valence-corrected chi connectivity index (χ1v) is 6.42. The Labute approximate surface area is 109 Å². The minimum atomic E-state index is 0.186. The van der Waals surface area contributed by atoms with E-state index < -0.39 is 0 Å². The molecule has 1 heterocycles. The zero-order chi connectivity index (χ0) is 13.5. The molecular weight excluding hydrogens is 224 g/mol. The number of nitrogens with zero attached hydrogens (tertiary/aromatic N) is 2. The van der Waals surface area contributed by atoms with Crippen LogP contribution in [0, 0.1) is 6.92 Å². The first-order chi connectivity index (χ1) is 8.36. The number of aryl methyl sites for hydroxylation is 1. The van der Waals surface area contributed by atoms with Gasteiger partial charge in [0.25, 0.3) is 0 Å². The van der Waals surface area contributed by atoms with Crippen LogP contribution in [0.25, 0.3) is 0 Å². The van der Waals surface area contributed by atoms with Crippen molar-refractivity contribution in [2.45, 2.75) is 45.6 Å². The van der Waals surface area contributed by atoms with Crippen LogP contribution >= 0.6 is 0 Å². The Morgan fingerprint density at radius 3 is 2.72 bits per heavy atom. The van der Waals surface area contributed by atoms with Gasteiger partial charge in [-0.05, 0) is 61.9 Å². The topological polar surface area (TPSA) is 35.8 Å². The van der Waals surface area contributed by atoms with Crippen molar-refractivity contribution in [3.05, 3.63) is 28.8 Å². The lowest BCUT2D eigenvalue weighted by atomic mass is 9.79. The molecule has 98 valence electrons. The van der Waals surface area contributed by atoms with Gasteiger partial charge >= 0.3 is 0 Å². The second-order valence-electron chi connectivity index (χ2n) is 5.99. The smallest absolute Gasteiger partial charge is 0.0736 e. The molecule has 1 N–H and O–H groups in total. The molecule has 18 heavy (non-hydrogen) atoms. The lowest BCUT2D eigenvalue weighted by Gasteiger charge is -2.45. The zero-order valence-corrected chi connectivity index (χ0v) is 11.9. The van der Waals surface area contributed by atoms with E-state index in [9.17, 15) is 0 Å². The molecule has 1 aliphatic rings. The van der Waals surface area contributed by atoms with E-state index in [0.717, 1.165) is 17.5 Å². The van der Waals surface area contributed by atoms with E-state index >= 15 is 0 Å². The fraction of sp³-hybridized carbons (Fsp3) is 0.533. The van der Waals surface area contributed by atoms with E-state index in [4.69, 9.17) is 5.21 Å². The van der Waals surface area contributed by atoms with Crippen LogP contribution in [0.5, 0.6) is 0 Å². The van der Waals surface area contributed by atoms with Gasteiger partial charge < -0.3 is 10.1 Å². The molecule has 0 spiro atoms. The Morgan fingerprint density at radius 1 is 1.44 bits per heavy atom. The molecular formula is C15H22N2O. The summed E-state index contributed by atoms with van der Waals surface area (Å²) in [6.45, 7) is 8.88. The Bertz CT molecular complexity index is 492. The SMILES string of the molecule is Cc1cc2c(cc1C=NO)[C@H](C)CC(C)(C)N2C. The zero-order valence-electron chi connectivity index (χ0n) is 11.9. The Morgan fingerprint density at radius 2 is 2.11 bits per heavy atom. The fourth-order valence-electron chi connectivity index (χ4n) is 2.94. The van der Waals surface area contributed by atoms with E-state index in [2.05, 4.69) is 56.9 Å². The van der Waals surface area contributed by atoms with E-state index in [1.165, 1.54) is 17.5 Å². The fourth-order valence-corrected chi connectivity index (χ4v) is 2.94. The average molecular weight is 246 g/mol. The highest BCUT2D eigenvalue weighted by Gasteiger charge is 2.34. The van der Waals surface area contributed by atoms with Crippen LogP contribution in [0.2, 0.25) is 0 Å². The lowest BCUT2D eigenvalue weighted by molar-refractivity contribution is 0.322. The molecule has 0 saturated carbocycles. The second kappa shape index (κ2) is 4.30. The van der Waals surface area contributed by atoms with Gasteiger partial charge in [0.2, 0.25) is 0 Å². The quantitative estimate of drug-likeness (QED) is 0.467.